The molecule has 1 atom stereocenters. The van der Waals surface area contributed by atoms with Crippen molar-refractivity contribution in [1.82, 2.24) is 0 Å². The molecule has 0 aliphatic rings. The van der Waals surface area contributed by atoms with Crippen molar-refractivity contribution >= 4 is 27.5 Å². The number of para-hydroxylation sites is 1. The van der Waals surface area contributed by atoms with Gasteiger partial charge in [-0.2, -0.15) is 0 Å². The van der Waals surface area contributed by atoms with E-state index in [0.717, 1.165) is 0 Å². The van der Waals surface area contributed by atoms with Gasteiger partial charge in [0, 0.05) is 16.6 Å². The summed E-state index contributed by atoms with van der Waals surface area (Å²) >= 11 is 9.18. The molecule has 0 spiro atoms. The second kappa shape index (κ2) is 5.90. The second-order valence-corrected chi connectivity index (χ2v) is 5.41. The van der Waals surface area contributed by atoms with Crippen molar-refractivity contribution in [1.29, 1.82) is 0 Å². The van der Waals surface area contributed by atoms with Crippen LogP contribution >= 0.6 is 27.5 Å². The van der Waals surface area contributed by atoms with Crippen LogP contribution in [0.1, 0.15) is 18.5 Å². The van der Waals surface area contributed by atoms with Crippen molar-refractivity contribution in [3.05, 3.63) is 57.3 Å². The summed E-state index contributed by atoms with van der Waals surface area (Å²) in [7, 11) is 0. The van der Waals surface area contributed by atoms with Crippen LogP contribution in [0.5, 0.6) is 11.5 Å². The van der Waals surface area contributed by atoms with E-state index in [0.29, 0.717) is 20.8 Å². The molecule has 0 radical (unpaired) electrons. The molecule has 0 bridgehead atoms. The Morgan fingerprint density at radius 1 is 1.32 bits per heavy atom. The van der Waals surface area contributed by atoms with Crippen molar-refractivity contribution in [3.8, 4) is 11.5 Å². The lowest BCUT2D eigenvalue weighted by Crippen LogP contribution is -2.07. The minimum absolute atomic E-state index is 0.139. The quantitative estimate of drug-likeness (QED) is 0.845. The smallest absolute Gasteiger partial charge is 0.167 e. The zero-order chi connectivity index (χ0) is 14.0. The Morgan fingerprint density at radius 2 is 2.05 bits per heavy atom. The number of benzene rings is 2. The fraction of sp³-hybridized carbons (Fsp3) is 0.143. The van der Waals surface area contributed by atoms with Crippen LogP contribution in [0.2, 0.25) is 5.02 Å². The zero-order valence-corrected chi connectivity index (χ0v) is 12.5. The van der Waals surface area contributed by atoms with Gasteiger partial charge in [0.1, 0.15) is 5.75 Å². The minimum Gasteiger partial charge on any atom is -0.453 e. The van der Waals surface area contributed by atoms with E-state index < -0.39 is 5.82 Å². The average Bonchev–Trinajstić information content (AvgIpc) is 2.34. The van der Waals surface area contributed by atoms with Crippen LogP contribution in [0, 0.1) is 5.82 Å². The average molecular weight is 345 g/mol. The maximum Gasteiger partial charge on any atom is 0.167 e. The van der Waals surface area contributed by atoms with E-state index in [9.17, 15) is 4.39 Å². The number of hydrogen-bond acceptors (Lipinski definition) is 2. The Balaban J connectivity index is 2.43. The van der Waals surface area contributed by atoms with Gasteiger partial charge < -0.3 is 10.5 Å². The highest BCUT2D eigenvalue weighted by atomic mass is 79.9. The van der Waals surface area contributed by atoms with Crippen LogP contribution in [-0.4, -0.2) is 0 Å². The third-order valence-corrected chi connectivity index (χ3v) is 3.45. The van der Waals surface area contributed by atoms with E-state index in [1.165, 1.54) is 6.07 Å². The predicted molar refractivity (Wildman–Crippen MR) is 78.2 cm³/mol. The van der Waals surface area contributed by atoms with Gasteiger partial charge in [0.05, 0.1) is 4.47 Å². The number of ether oxygens (including phenoxy) is 1. The lowest BCUT2D eigenvalue weighted by molar-refractivity contribution is 0.430. The molecule has 100 valence electrons. The number of hydrogen-bond donors (Lipinski definition) is 1. The standard InChI is InChI=1S/C14H12BrClFNO/c1-8(18)10-3-2-4-12(17)14(10)19-13-6-5-9(16)7-11(13)15/h2-8H,18H2,1H3. The molecule has 2 N–H and O–H groups in total. The summed E-state index contributed by atoms with van der Waals surface area (Å²) in [6, 6.07) is 9.40. The third-order valence-electron chi connectivity index (χ3n) is 2.59. The summed E-state index contributed by atoms with van der Waals surface area (Å²) in [6.45, 7) is 1.78. The Bertz CT molecular complexity index is 604. The second-order valence-electron chi connectivity index (χ2n) is 4.12. The molecular formula is C14H12BrClFNO. The van der Waals surface area contributed by atoms with Crippen LogP contribution in [0.15, 0.2) is 40.9 Å². The van der Waals surface area contributed by atoms with E-state index in [-0.39, 0.29) is 11.8 Å². The highest BCUT2D eigenvalue weighted by molar-refractivity contribution is 9.10. The Hall–Kier alpha value is -1.10. The van der Waals surface area contributed by atoms with Gasteiger partial charge in [-0.05, 0) is 47.1 Å². The SMILES string of the molecule is CC(N)c1cccc(F)c1Oc1ccc(Cl)cc1Br. The van der Waals surface area contributed by atoms with Gasteiger partial charge in [0.15, 0.2) is 11.6 Å². The fourth-order valence-electron chi connectivity index (χ4n) is 1.66. The summed E-state index contributed by atoms with van der Waals surface area (Å²) in [5, 5.41) is 0.570. The van der Waals surface area contributed by atoms with Crippen molar-refractivity contribution < 1.29 is 9.13 Å². The van der Waals surface area contributed by atoms with E-state index in [2.05, 4.69) is 15.9 Å². The predicted octanol–water partition coefficient (Wildman–Crippen LogP) is 5.05. The lowest BCUT2D eigenvalue weighted by Gasteiger charge is -2.15. The molecule has 0 amide bonds. The first-order chi connectivity index (χ1) is 8.99. The molecule has 0 heterocycles. The van der Waals surface area contributed by atoms with E-state index in [1.54, 1.807) is 37.3 Å². The Morgan fingerprint density at radius 3 is 2.68 bits per heavy atom. The molecule has 2 rings (SSSR count). The van der Waals surface area contributed by atoms with Crippen molar-refractivity contribution in [2.45, 2.75) is 13.0 Å². The molecule has 5 heteroatoms. The number of nitrogens with two attached hydrogens (primary N) is 1. The van der Waals surface area contributed by atoms with E-state index in [1.807, 2.05) is 0 Å². The molecule has 2 nitrogen and oxygen atoms in total. The van der Waals surface area contributed by atoms with Gasteiger partial charge in [-0.1, -0.05) is 23.7 Å². The molecule has 19 heavy (non-hydrogen) atoms. The third kappa shape index (κ3) is 3.26. The number of rotatable bonds is 3. The summed E-state index contributed by atoms with van der Waals surface area (Å²) in [5.74, 6) is 0.175. The van der Waals surface area contributed by atoms with Gasteiger partial charge in [0.25, 0.3) is 0 Å². The van der Waals surface area contributed by atoms with Crippen molar-refractivity contribution in [2.75, 3.05) is 0 Å². The minimum atomic E-state index is -0.448. The first-order valence-corrected chi connectivity index (χ1v) is 6.83. The molecule has 2 aromatic rings. The highest BCUT2D eigenvalue weighted by Gasteiger charge is 2.15. The Labute approximate surface area is 124 Å². The summed E-state index contributed by atoms with van der Waals surface area (Å²) < 4.78 is 20.2. The van der Waals surface area contributed by atoms with Crippen LogP contribution in [-0.2, 0) is 0 Å². The molecule has 1 unspecified atom stereocenters. The van der Waals surface area contributed by atoms with Gasteiger partial charge in [-0.15, -0.1) is 0 Å². The van der Waals surface area contributed by atoms with Gasteiger partial charge in [-0.25, -0.2) is 4.39 Å². The van der Waals surface area contributed by atoms with Crippen molar-refractivity contribution in [2.24, 2.45) is 5.73 Å². The van der Waals surface area contributed by atoms with Gasteiger partial charge in [-0.3, -0.25) is 0 Å². The fourth-order valence-corrected chi connectivity index (χ4v) is 2.42. The Kier molecular flexibility index (Phi) is 4.45. The zero-order valence-electron chi connectivity index (χ0n) is 10.2. The molecule has 2 aromatic carbocycles. The summed E-state index contributed by atoms with van der Waals surface area (Å²) in [5.41, 5.74) is 6.43. The largest absolute Gasteiger partial charge is 0.453 e. The molecule has 0 aliphatic heterocycles. The first kappa shape index (κ1) is 14.3. The summed E-state index contributed by atoms with van der Waals surface area (Å²) in [6.07, 6.45) is 0. The molecule has 0 fully saturated rings. The molecule has 0 saturated heterocycles. The van der Waals surface area contributed by atoms with Crippen molar-refractivity contribution in [3.63, 3.8) is 0 Å². The van der Waals surface area contributed by atoms with Crippen LogP contribution in [0.4, 0.5) is 4.39 Å². The first-order valence-electron chi connectivity index (χ1n) is 5.66. The normalized spacial score (nSPS) is 12.3. The molecule has 0 aliphatic carbocycles. The topological polar surface area (TPSA) is 35.2 Å². The summed E-state index contributed by atoms with van der Waals surface area (Å²) in [4.78, 5) is 0. The van der Waals surface area contributed by atoms with Gasteiger partial charge in [0.2, 0.25) is 0 Å². The van der Waals surface area contributed by atoms with E-state index >= 15 is 0 Å². The molecule has 0 aromatic heterocycles. The lowest BCUT2D eigenvalue weighted by atomic mass is 10.1. The van der Waals surface area contributed by atoms with Crippen LogP contribution < -0.4 is 10.5 Å². The van der Waals surface area contributed by atoms with Crippen LogP contribution in [0.25, 0.3) is 0 Å². The number of halogens is 3. The van der Waals surface area contributed by atoms with Crippen LogP contribution in [0.3, 0.4) is 0 Å². The molecule has 0 saturated carbocycles. The maximum absolute atomic E-state index is 13.9. The maximum atomic E-state index is 13.9. The van der Waals surface area contributed by atoms with Gasteiger partial charge >= 0.3 is 0 Å². The van der Waals surface area contributed by atoms with E-state index in [4.69, 9.17) is 22.1 Å². The highest BCUT2D eigenvalue weighted by Crippen LogP contribution is 2.36. The monoisotopic (exact) mass is 343 g/mol. The molecular weight excluding hydrogens is 333 g/mol.